The number of carbonyl (C=O) groups is 1. The number of methoxy groups -OCH3 is 1. The van der Waals surface area contributed by atoms with E-state index in [9.17, 15) is 4.79 Å². The molecule has 1 aliphatic heterocycles. The number of nitrogens with zero attached hydrogens (tertiary/aromatic N) is 2. The van der Waals surface area contributed by atoms with Crippen LogP contribution in [0.2, 0.25) is 0 Å². The zero-order valence-corrected chi connectivity index (χ0v) is 19.5. The van der Waals surface area contributed by atoms with Gasteiger partial charge in [0.2, 0.25) is 5.91 Å². The highest BCUT2D eigenvalue weighted by atomic mass is 32.2. The van der Waals surface area contributed by atoms with Gasteiger partial charge < -0.3 is 14.8 Å². The zero-order valence-electron chi connectivity index (χ0n) is 18.7. The fourth-order valence-electron chi connectivity index (χ4n) is 3.47. The van der Waals surface area contributed by atoms with Gasteiger partial charge in [-0.3, -0.25) is 4.79 Å². The van der Waals surface area contributed by atoms with Gasteiger partial charge in [0.25, 0.3) is 0 Å². The minimum Gasteiger partial charge on any atom is -0.497 e. The number of anilines is 1. The number of hydrogen-bond acceptors (Lipinski definition) is 6. The number of hydrogen-bond donors (Lipinski definition) is 1. The number of thioether (sulfide) groups is 1. The Morgan fingerprint density at radius 2 is 1.84 bits per heavy atom. The van der Waals surface area contributed by atoms with Gasteiger partial charge in [-0.05, 0) is 57.2 Å². The molecular formula is C25H27N3O3S. The first-order chi connectivity index (χ1) is 15.3. The van der Waals surface area contributed by atoms with Gasteiger partial charge in [0.15, 0.2) is 5.82 Å². The van der Waals surface area contributed by atoms with Crippen molar-refractivity contribution < 1.29 is 14.3 Å². The van der Waals surface area contributed by atoms with Crippen molar-refractivity contribution in [2.24, 2.45) is 0 Å². The number of ether oxygens (including phenoxy) is 2. The predicted molar refractivity (Wildman–Crippen MR) is 127 cm³/mol. The minimum atomic E-state index is -0.340. The van der Waals surface area contributed by atoms with Gasteiger partial charge in [-0.15, -0.1) is 0 Å². The molecule has 1 aliphatic rings. The lowest BCUT2D eigenvalue weighted by Gasteiger charge is -2.32. The third-order valence-corrected chi connectivity index (χ3v) is 6.43. The van der Waals surface area contributed by atoms with Gasteiger partial charge in [0, 0.05) is 23.2 Å². The summed E-state index contributed by atoms with van der Waals surface area (Å²) < 4.78 is 11.3. The van der Waals surface area contributed by atoms with Crippen molar-refractivity contribution in [3.05, 3.63) is 65.9 Å². The van der Waals surface area contributed by atoms with E-state index >= 15 is 0 Å². The fraction of sp³-hybridized carbons (Fsp3) is 0.320. The lowest BCUT2D eigenvalue weighted by molar-refractivity contribution is -0.115. The summed E-state index contributed by atoms with van der Waals surface area (Å²) in [7, 11) is 1.64. The van der Waals surface area contributed by atoms with Crippen LogP contribution in [-0.4, -0.2) is 33.8 Å². The van der Waals surface area contributed by atoms with Crippen molar-refractivity contribution in [2.75, 3.05) is 12.4 Å². The molecule has 0 saturated carbocycles. The van der Waals surface area contributed by atoms with Crippen LogP contribution in [0.3, 0.4) is 0 Å². The van der Waals surface area contributed by atoms with Crippen LogP contribution in [-0.2, 0) is 22.6 Å². The highest BCUT2D eigenvalue weighted by Gasteiger charge is 2.31. The van der Waals surface area contributed by atoms with Gasteiger partial charge in [-0.2, -0.15) is 0 Å². The minimum absolute atomic E-state index is 0.0726. The van der Waals surface area contributed by atoms with Crippen LogP contribution < -0.4 is 10.1 Å². The molecule has 0 spiro atoms. The lowest BCUT2D eigenvalue weighted by atomic mass is 9.96. The van der Waals surface area contributed by atoms with Crippen molar-refractivity contribution in [3.8, 4) is 17.1 Å². The maximum absolute atomic E-state index is 12.8. The first-order valence-electron chi connectivity index (χ1n) is 10.6. The third kappa shape index (κ3) is 5.11. The maximum Gasteiger partial charge on any atom is 0.237 e. The molecule has 0 unspecified atom stereocenters. The van der Waals surface area contributed by atoms with E-state index in [1.165, 1.54) is 11.8 Å². The second-order valence-electron chi connectivity index (χ2n) is 8.35. The Labute approximate surface area is 192 Å². The Balaban J connectivity index is 1.64. The Bertz CT molecular complexity index is 1100. The summed E-state index contributed by atoms with van der Waals surface area (Å²) in [4.78, 5) is 22.5. The van der Waals surface area contributed by atoms with E-state index in [4.69, 9.17) is 19.4 Å². The maximum atomic E-state index is 12.8. The average Bonchev–Trinajstić information content (AvgIpc) is 2.78. The summed E-state index contributed by atoms with van der Waals surface area (Å²) in [6.07, 6.45) is 0.687. The second-order valence-corrected chi connectivity index (χ2v) is 9.68. The number of nitrogens with one attached hydrogen (secondary N) is 1. The quantitative estimate of drug-likeness (QED) is 0.416. The summed E-state index contributed by atoms with van der Waals surface area (Å²) in [5.41, 5.74) is 3.32. The topological polar surface area (TPSA) is 73.3 Å². The highest BCUT2D eigenvalue weighted by Crippen LogP contribution is 2.36. The number of fused-ring (bicyclic) bond motifs is 1. The molecule has 166 valence electrons. The van der Waals surface area contributed by atoms with Crippen molar-refractivity contribution in [1.29, 1.82) is 0 Å². The van der Waals surface area contributed by atoms with E-state index in [0.717, 1.165) is 33.3 Å². The smallest absolute Gasteiger partial charge is 0.237 e. The van der Waals surface area contributed by atoms with E-state index in [1.807, 2.05) is 61.5 Å². The third-order valence-electron chi connectivity index (χ3n) is 5.30. The monoisotopic (exact) mass is 449 g/mol. The van der Waals surface area contributed by atoms with Crippen LogP contribution in [0.5, 0.6) is 5.75 Å². The summed E-state index contributed by atoms with van der Waals surface area (Å²) in [6.45, 7) is 6.44. The highest BCUT2D eigenvalue weighted by molar-refractivity contribution is 8.00. The van der Waals surface area contributed by atoms with Gasteiger partial charge in [0.1, 0.15) is 10.8 Å². The molecule has 1 N–H and O–H groups in total. The largest absolute Gasteiger partial charge is 0.497 e. The second kappa shape index (κ2) is 9.30. The molecule has 1 amide bonds. The SMILES string of the molecule is COc1ccc(-c2nc3c(c(S[C@H](C)C(=O)Nc4ccccc4)n2)COC(C)(C)C3)cc1. The van der Waals surface area contributed by atoms with Crippen molar-refractivity contribution in [3.63, 3.8) is 0 Å². The number of rotatable bonds is 6. The van der Waals surface area contributed by atoms with Crippen LogP contribution in [0.15, 0.2) is 59.6 Å². The van der Waals surface area contributed by atoms with Crippen LogP contribution in [0, 0.1) is 0 Å². The molecule has 2 aromatic carbocycles. The molecule has 4 rings (SSSR count). The molecule has 0 bridgehead atoms. The van der Waals surface area contributed by atoms with Crippen LogP contribution in [0.25, 0.3) is 11.4 Å². The summed E-state index contributed by atoms with van der Waals surface area (Å²) in [5, 5.41) is 3.41. The Morgan fingerprint density at radius 3 is 2.53 bits per heavy atom. The molecule has 6 nitrogen and oxygen atoms in total. The summed E-state index contributed by atoms with van der Waals surface area (Å²) in [5.74, 6) is 1.35. The van der Waals surface area contributed by atoms with E-state index in [-0.39, 0.29) is 16.8 Å². The van der Waals surface area contributed by atoms with Crippen molar-refractivity contribution in [2.45, 2.75) is 49.7 Å². The molecule has 1 aromatic heterocycles. The first kappa shape index (κ1) is 22.3. The number of amides is 1. The molecule has 32 heavy (non-hydrogen) atoms. The number of para-hydroxylation sites is 1. The molecular weight excluding hydrogens is 422 g/mol. The van der Waals surface area contributed by atoms with Gasteiger partial charge in [0.05, 0.1) is 30.3 Å². The van der Waals surface area contributed by atoms with E-state index in [0.29, 0.717) is 18.9 Å². The normalized spacial score (nSPS) is 15.5. The van der Waals surface area contributed by atoms with Crippen molar-refractivity contribution >= 4 is 23.4 Å². The van der Waals surface area contributed by atoms with E-state index in [2.05, 4.69) is 19.2 Å². The average molecular weight is 450 g/mol. The lowest BCUT2D eigenvalue weighted by Crippen LogP contribution is -2.33. The summed E-state index contributed by atoms with van der Waals surface area (Å²) >= 11 is 1.43. The molecule has 0 aliphatic carbocycles. The molecule has 2 heterocycles. The predicted octanol–water partition coefficient (Wildman–Crippen LogP) is 5.12. The van der Waals surface area contributed by atoms with Gasteiger partial charge >= 0.3 is 0 Å². The van der Waals surface area contributed by atoms with Crippen LogP contribution in [0.4, 0.5) is 5.69 Å². The standard InChI is InChI=1S/C25H27N3O3S/c1-16(23(29)26-18-8-6-5-7-9-18)32-24-20-15-31-25(2,3)14-21(20)27-22(28-24)17-10-12-19(30-4)13-11-17/h5-13,16H,14-15H2,1-4H3,(H,26,29)/t16-/m1/s1. The Kier molecular flexibility index (Phi) is 6.48. The Morgan fingerprint density at radius 1 is 1.12 bits per heavy atom. The van der Waals surface area contributed by atoms with Crippen LogP contribution in [0.1, 0.15) is 32.0 Å². The van der Waals surface area contributed by atoms with Gasteiger partial charge in [-0.25, -0.2) is 9.97 Å². The first-order valence-corrected chi connectivity index (χ1v) is 11.4. The van der Waals surface area contributed by atoms with Crippen LogP contribution >= 0.6 is 11.8 Å². The Hall–Kier alpha value is -2.90. The van der Waals surface area contributed by atoms with Gasteiger partial charge in [-0.1, -0.05) is 30.0 Å². The van der Waals surface area contributed by atoms with E-state index in [1.54, 1.807) is 7.11 Å². The molecule has 0 radical (unpaired) electrons. The molecule has 1 atom stereocenters. The number of aromatic nitrogens is 2. The molecule has 7 heteroatoms. The van der Waals surface area contributed by atoms with E-state index < -0.39 is 0 Å². The molecule has 0 saturated heterocycles. The number of carbonyl (C=O) groups excluding carboxylic acids is 1. The summed E-state index contributed by atoms with van der Waals surface area (Å²) in [6, 6.07) is 17.2. The fourth-order valence-corrected chi connectivity index (χ4v) is 4.43. The zero-order chi connectivity index (χ0) is 22.7. The molecule has 0 fully saturated rings. The number of benzene rings is 2. The molecule has 3 aromatic rings. The van der Waals surface area contributed by atoms with Crippen molar-refractivity contribution in [1.82, 2.24) is 9.97 Å².